The summed E-state index contributed by atoms with van der Waals surface area (Å²) in [5.74, 6) is 5.84. The van der Waals surface area contributed by atoms with Gasteiger partial charge in [0.05, 0.1) is 0 Å². The van der Waals surface area contributed by atoms with Gasteiger partial charge in [-0.15, -0.1) is 0 Å². The molecule has 0 spiro atoms. The lowest BCUT2D eigenvalue weighted by atomic mass is 9.94. The summed E-state index contributed by atoms with van der Waals surface area (Å²) in [4.78, 5) is 2.78. The minimum atomic E-state index is -1.40. The molecule has 0 aromatic heterocycles. The molecule has 2 aromatic carbocycles. The SMILES string of the molecule is Cc1ccccc1C#CC(C)(O)c1ccccc1N=[N+]=[N-]. The molecule has 0 aliphatic carbocycles. The van der Waals surface area contributed by atoms with Crippen molar-refractivity contribution < 1.29 is 5.11 Å². The molecule has 4 nitrogen and oxygen atoms in total. The van der Waals surface area contributed by atoms with Crippen LogP contribution in [0.15, 0.2) is 53.6 Å². The third-order valence-corrected chi connectivity index (χ3v) is 3.17. The van der Waals surface area contributed by atoms with Crippen LogP contribution >= 0.6 is 0 Å². The van der Waals surface area contributed by atoms with Crippen molar-refractivity contribution in [1.82, 2.24) is 0 Å². The Kier molecular flexibility index (Phi) is 4.30. The van der Waals surface area contributed by atoms with Crippen LogP contribution in [-0.4, -0.2) is 5.11 Å². The van der Waals surface area contributed by atoms with E-state index in [0.717, 1.165) is 11.1 Å². The van der Waals surface area contributed by atoms with Crippen LogP contribution in [0.2, 0.25) is 0 Å². The van der Waals surface area contributed by atoms with Gasteiger partial charge >= 0.3 is 0 Å². The van der Waals surface area contributed by atoms with Gasteiger partial charge in [0.25, 0.3) is 0 Å². The number of benzene rings is 2. The largest absolute Gasteiger partial charge is 0.374 e. The standard InChI is InChI=1S/C17H15N3O/c1-13-7-3-4-8-14(13)11-12-17(2,21)15-9-5-6-10-16(15)19-20-18/h3-10,21H,1-2H3. The average molecular weight is 277 g/mol. The maximum absolute atomic E-state index is 10.6. The molecule has 104 valence electrons. The van der Waals surface area contributed by atoms with E-state index in [1.54, 1.807) is 31.2 Å². The number of aliphatic hydroxyl groups is 1. The number of azide groups is 1. The lowest BCUT2D eigenvalue weighted by molar-refractivity contribution is 0.123. The summed E-state index contributed by atoms with van der Waals surface area (Å²) in [6, 6.07) is 14.6. The molecule has 4 heteroatoms. The van der Waals surface area contributed by atoms with E-state index in [0.29, 0.717) is 11.3 Å². The van der Waals surface area contributed by atoms with Crippen molar-refractivity contribution in [2.24, 2.45) is 5.11 Å². The van der Waals surface area contributed by atoms with Gasteiger partial charge in [-0.2, -0.15) is 0 Å². The van der Waals surface area contributed by atoms with Gasteiger partial charge in [0.15, 0.2) is 0 Å². The molecular weight excluding hydrogens is 262 g/mol. The van der Waals surface area contributed by atoms with E-state index in [4.69, 9.17) is 5.53 Å². The van der Waals surface area contributed by atoms with Gasteiger partial charge in [-0.25, -0.2) is 0 Å². The Bertz CT molecular complexity index is 763. The number of nitrogens with zero attached hydrogens (tertiary/aromatic N) is 3. The van der Waals surface area contributed by atoms with Gasteiger partial charge < -0.3 is 5.11 Å². The Morgan fingerprint density at radius 3 is 2.52 bits per heavy atom. The first kappa shape index (κ1) is 14.7. The van der Waals surface area contributed by atoms with Gasteiger partial charge in [-0.1, -0.05) is 59.4 Å². The predicted molar refractivity (Wildman–Crippen MR) is 82.9 cm³/mol. The van der Waals surface area contributed by atoms with Crippen molar-refractivity contribution in [3.63, 3.8) is 0 Å². The first-order chi connectivity index (χ1) is 10.0. The topological polar surface area (TPSA) is 69.0 Å². The van der Waals surface area contributed by atoms with Crippen molar-refractivity contribution in [2.45, 2.75) is 19.4 Å². The number of hydrogen-bond acceptors (Lipinski definition) is 2. The maximum Gasteiger partial charge on any atom is 0.148 e. The Labute approximate surface area is 123 Å². The van der Waals surface area contributed by atoms with Gasteiger partial charge in [0.1, 0.15) is 5.60 Å². The van der Waals surface area contributed by atoms with Crippen LogP contribution in [0, 0.1) is 18.8 Å². The fourth-order valence-electron chi connectivity index (χ4n) is 1.99. The van der Waals surface area contributed by atoms with E-state index in [1.807, 2.05) is 31.2 Å². The molecule has 0 saturated carbocycles. The Morgan fingerprint density at radius 2 is 1.81 bits per heavy atom. The van der Waals surface area contributed by atoms with Crippen LogP contribution in [-0.2, 0) is 5.60 Å². The van der Waals surface area contributed by atoms with E-state index in [2.05, 4.69) is 21.9 Å². The summed E-state index contributed by atoms with van der Waals surface area (Å²) in [5, 5.41) is 14.2. The second-order valence-electron chi connectivity index (χ2n) is 4.84. The van der Waals surface area contributed by atoms with Crippen LogP contribution in [0.3, 0.4) is 0 Å². The summed E-state index contributed by atoms with van der Waals surface area (Å²) in [7, 11) is 0. The number of aryl methyl sites for hydroxylation is 1. The highest BCUT2D eigenvalue weighted by molar-refractivity contribution is 5.53. The highest BCUT2D eigenvalue weighted by Gasteiger charge is 2.22. The quantitative estimate of drug-likeness (QED) is 0.380. The van der Waals surface area contributed by atoms with Gasteiger partial charge in [-0.3, -0.25) is 0 Å². The molecule has 0 aliphatic heterocycles. The predicted octanol–water partition coefficient (Wildman–Crippen LogP) is 4.20. The van der Waals surface area contributed by atoms with Crippen LogP contribution in [0.4, 0.5) is 5.69 Å². The Morgan fingerprint density at radius 1 is 1.14 bits per heavy atom. The number of hydrogen-bond donors (Lipinski definition) is 1. The second-order valence-corrected chi connectivity index (χ2v) is 4.84. The lowest BCUT2D eigenvalue weighted by Gasteiger charge is -2.18. The molecule has 0 saturated heterocycles. The molecule has 21 heavy (non-hydrogen) atoms. The molecule has 0 amide bonds. The Balaban J connectivity index is 2.45. The molecule has 2 aromatic rings. The summed E-state index contributed by atoms with van der Waals surface area (Å²) in [6.07, 6.45) is 0. The molecule has 0 aliphatic rings. The van der Waals surface area contributed by atoms with E-state index in [9.17, 15) is 5.11 Å². The monoisotopic (exact) mass is 277 g/mol. The van der Waals surface area contributed by atoms with E-state index >= 15 is 0 Å². The highest BCUT2D eigenvalue weighted by atomic mass is 16.3. The van der Waals surface area contributed by atoms with E-state index in [1.165, 1.54) is 0 Å². The van der Waals surface area contributed by atoms with Crippen LogP contribution in [0.25, 0.3) is 10.4 Å². The average Bonchev–Trinajstić information content (AvgIpc) is 2.47. The summed E-state index contributed by atoms with van der Waals surface area (Å²) >= 11 is 0. The van der Waals surface area contributed by atoms with Gasteiger partial charge in [0, 0.05) is 21.7 Å². The van der Waals surface area contributed by atoms with Gasteiger partial charge in [0.2, 0.25) is 0 Å². The van der Waals surface area contributed by atoms with E-state index in [-0.39, 0.29) is 0 Å². The van der Waals surface area contributed by atoms with Crippen molar-refractivity contribution in [3.05, 3.63) is 75.7 Å². The third kappa shape index (κ3) is 3.43. The lowest BCUT2D eigenvalue weighted by Crippen LogP contribution is -2.18. The molecule has 2 rings (SSSR count). The first-order valence-corrected chi connectivity index (χ1v) is 6.50. The first-order valence-electron chi connectivity index (χ1n) is 6.50. The van der Waals surface area contributed by atoms with Crippen LogP contribution in [0.5, 0.6) is 0 Å². The number of rotatable bonds is 2. The summed E-state index contributed by atoms with van der Waals surface area (Å²) < 4.78 is 0. The van der Waals surface area contributed by atoms with Crippen molar-refractivity contribution in [3.8, 4) is 11.8 Å². The molecule has 0 radical (unpaired) electrons. The normalized spacial score (nSPS) is 12.5. The minimum absolute atomic E-state index is 0.379. The van der Waals surface area contributed by atoms with E-state index < -0.39 is 5.60 Å². The van der Waals surface area contributed by atoms with Gasteiger partial charge in [-0.05, 0) is 31.0 Å². The fourth-order valence-corrected chi connectivity index (χ4v) is 1.99. The highest BCUT2D eigenvalue weighted by Crippen LogP contribution is 2.29. The summed E-state index contributed by atoms with van der Waals surface area (Å²) in [5.41, 5.74) is 9.97. The molecular formula is C17H15N3O. The second kappa shape index (κ2) is 6.15. The van der Waals surface area contributed by atoms with Crippen molar-refractivity contribution in [1.29, 1.82) is 0 Å². The zero-order valence-electron chi connectivity index (χ0n) is 11.9. The van der Waals surface area contributed by atoms with Crippen LogP contribution < -0.4 is 0 Å². The zero-order valence-corrected chi connectivity index (χ0v) is 11.9. The van der Waals surface area contributed by atoms with Crippen molar-refractivity contribution in [2.75, 3.05) is 0 Å². The molecule has 0 fully saturated rings. The zero-order chi connectivity index (χ0) is 15.3. The maximum atomic E-state index is 10.6. The molecule has 1 unspecified atom stereocenters. The third-order valence-electron chi connectivity index (χ3n) is 3.17. The molecule has 1 atom stereocenters. The van der Waals surface area contributed by atoms with Crippen molar-refractivity contribution >= 4 is 5.69 Å². The van der Waals surface area contributed by atoms with Crippen LogP contribution in [0.1, 0.15) is 23.6 Å². The molecule has 0 heterocycles. The summed E-state index contributed by atoms with van der Waals surface area (Å²) in [6.45, 7) is 3.55. The minimum Gasteiger partial charge on any atom is -0.374 e. The Hall–Kier alpha value is -2.73. The molecule has 1 N–H and O–H groups in total. The smallest absolute Gasteiger partial charge is 0.148 e. The fraction of sp³-hybridized carbons (Fsp3) is 0.176. The molecule has 0 bridgehead atoms.